The van der Waals surface area contributed by atoms with Crippen LogP contribution in [0.5, 0.6) is 5.75 Å². The van der Waals surface area contributed by atoms with Gasteiger partial charge in [0.15, 0.2) is 0 Å². The molecule has 1 heterocycles. The van der Waals surface area contributed by atoms with Gasteiger partial charge >= 0.3 is 0 Å². The fourth-order valence-electron chi connectivity index (χ4n) is 3.19. The Balaban J connectivity index is 1.46. The zero-order valence-electron chi connectivity index (χ0n) is 16.4. The Hall–Kier alpha value is -3.35. The first-order chi connectivity index (χ1) is 14.1. The number of benzene rings is 2. The first-order valence-corrected chi connectivity index (χ1v) is 9.68. The highest BCUT2D eigenvalue weighted by Crippen LogP contribution is 2.27. The van der Waals surface area contributed by atoms with Gasteiger partial charge in [-0.2, -0.15) is 0 Å². The molecule has 0 bridgehead atoms. The molecular weight excluding hydrogens is 370 g/mol. The number of carbonyl (C=O) groups is 3. The van der Waals surface area contributed by atoms with E-state index < -0.39 is 5.92 Å². The van der Waals surface area contributed by atoms with Gasteiger partial charge in [-0.3, -0.25) is 14.4 Å². The van der Waals surface area contributed by atoms with Crippen LogP contribution in [0.25, 0.3) is 0 Å². The summed E-state index contributed by atoms with van der Waals surface area (Å²) >= 11 is 0. The van der Waals surface area contributed by atoms with Crippen molar-refractivity contribution in [3.8, 4) is 5.75 Å². The number of amides is 3. The van der Waals surface area contributed by atoms with Crippen molar-refractivity contribution < 1.29 is 19.1 Å². The molecule has 2 N–H and O–H groups in total. The van der Waals surface area contributed by atoms with Gasteiger partial charge in [0.2, 0.25) is 17.7 Å². The van der Waals surface area contributed by atoms with Gasteiger partial charge in [-0.1, -0.05) is 30.3 Å². The molecule has 0 radical (unpaired) electrons. The van der Waals surface area contributed by atoms with E-state index in [9.17, 15) is 14.4 Å². The van der Waals surface area contributed by atoms with Crippen LogP contribution >= 0.6 is 0 Å². The molecule has 1 aliphatic rings. The largest absolute Gasteiger partial charge is 0.494 e. The van der Waals surface area contributed by atoms with Crippen LogP contribution in [0.1, 0.15) is 18.9 Å². The minimum Gasteiger partial charge on any atom is -0.494 e. The van der Waals surface area contributed by atoms with Gasteiger partial charge in [-0.15, -0.1) is 0 Å². The second-order valence-corrected chi connectivity index (χ2v) is 6.81. The lowest BCUT2D eigenvalue weighted by Gasteiger charge is -2.17. The number of nitrogens with one attached hydrogen (secondary N) is 2. The Bertz CT molecular complexity index is 852. The standard InChI is InChI=1S/C22H25N3O4/c1-2-29-19-10-8-18(9-11-19)25-15-17(12-21(25)27)22(28)24-14-20(26)23-13-16-6-4-3-5-7-16/h3-11,17H,2,12-15H2,1H3,(H,23,26)(H,24,28). The van der Waals surface area contributed by atoms with Gasteiger partial charge in [-0.05, 0) is 36.8 Å². The Kier molecular flexibility index (Phi) is 6.84. The maximum atomic E-state index is 12.4. The molecule has 0 aromatic heterocycles. The van der Waals surface area contributed by atoms with Crippen molar-refractivity contribution in [2.45, 2.75) is 19.9 Å². The van der Waals surface area contributed by atoms with Gasteiger partial charge in [0, 0.05) is 25.2 Å². The van der Waals surface area contributed by atoms with Gasteiger partial charge in [0.05, 0.1) is 19.1 Å². The molecule has 1 fully saturated rings. The van der Waals surface area contributed by atoms with E-state index in [2.05, 4.69) is 10.6 Å². The maximum absolute atomic E-state index is 12.4. The molecule has 2 aromatic carbocycles. The Labute approximate surface area is 170 Å². The number of rotatable bonds is 8. The third kappa shape index (κ3) is 5.57. The molecule has 0 aliphatic carbocycles. The molecule has 29 heavy (non-hydrogen) atoms. The first-order valence-electron chi connectivity index (χ1n) is 9.68. The third-order valence-corrected chi connectivity index (χ3v) is 4.71. The Morgan fingerprint density at radius 3 is 2.48 bits per heavy atom. The summed E-state index contributed by atoms with van der Waals surface area (Å²) in [6.07, 6.45) is 0.130. The molecular formula is C22H25N3O4. The van der Waals surface area contributed by atoms with Crippen molar-refractivity contribution in [1.82, 2.24) is 10.6 Å². The summed E-state index contributed by atoms with van der Waals surface area (Å²) in [5, 5.41) is 5.39. The Morgan fingerprint density at radius 1 is 1.07 bits per heavy atom. The number of hydrogen-bond donors (Lipinski definition) is 2. The minimum atomic E-state index is -0.476. The van der Waals surface area contributed by atoms with Crippen molar-refractivity contribution in [2.24, 2.45) is 5.92 Å². The van der Waals surface area contributed by atoms with Crippen LogP contribution < -0.4 is 20.3 Å². The summed E-state index contributed by atoms with van der Waals surface area (Å²) in [6, 6.07) is 16.8. The molecule has 0 spiro atoms. The highest BCUT2D eigenvalue weighted by Gasteiger charge is 2.35. The minimum absolute atomic E-state index is 0.108. The fourth-order valence-corrected chi connectivity index (χ4v) is 3.19. The number of nitrogens with zero attached hydrogens (tertiary/aromatic N) is 1. The van der Waals surface area contributed by atoms with Crippen LogP contribution in [0.2, 0.25) is 0 Å². The van der Waals surface area contributed by atoms with E-state index in [1.165, 1.54) is 0 Å². The van der Waals surface area contributed by atoms with Crippen LogP contribution in [0.4, 0.5) is 5.69 Å². The van der Waals surface area contributed by atoms with E-state index in [4.69, 9.17) is 4.74 Å². The lowest BCUT2D eigenvalue weighted by molar-refractivity contribution is -0.129. The van der Waals surface area contributed by atoms with Crippen molar-refractivity contribution in [2.75, 3.05) is 24.6 Å². The van der Waals surface area contributed by atoms with Crippen molar-refractivity contribution in [3.63, 3.8) is 0 Å². The second-order valence-electron chi connectivity index (χ2n) is 6.81. The summed E-state index contributed by atoms with van der Waals surface area (Å²) < 4.78 is 5.41. The van der Waals surface area contributed by atoms with E-state index in [0.29, 0.717) is 19.7 Å². The zero-order chi connectivity index (χ0) is 20.6. The van der Waals surface area contributed by atoms with Crippen LogP contribution in [0, 0.1) is 5.92 Å². The highest BCUT2D eigenvalue weighted by atomic mass is 16.5. The summed E-state index contributed by atoms with van der Waals surface area (Å²) in [5.41, 5.74) is 1.72. The fraction of sp³-hybridized carbons (Fsp3) is 0.318. The smallest absolute Gasteiger partial charge is 0.239 e. The molecule has 1 unspecified atom stereocenters. The quantitative estimate of drug-likeness (QED) is 0.714. The predicted octanol–water partition coefficient (Wildman–Crippen LogP) is 1.87. The zero-order valence-corrected chi connectivity index (χ0v) is 16.4. The van der Waals surface area contributed by atoms with Crippen LogP contribution in [0.15, 0.2) is 54.6 Å². The van der Waals surface area contributed by atoms with E-state index >= 15 is 0 Å². The normalized spacial score (nSPS) is 15.8. The summed E-state index contributed by atoms with van der Waals surface area (Å²) in [6.45, 7) is 3.07. The third-order valence-electron chi connectivity index (χ3n) is 4.71. The van der Waals surface area contributed by atoms with E-state index in [-0.39, 0.29) is 30.7 Å². The van der Waals surface area contributed by atoms with E-state index in [1.807, 2.05) is 37.3 Å². The topological polar surface area (TPSA) is 87.7 Å². The van der Waals surface area contributed by atoms with Crippen molar-refractivity contribution in [3.05, 3.63) is 60.2 Å². The molecule has 3 amide bonds. The van der Waals surface area contributed by atoms with E-state index in [1.54, 1.807) is 29.2 Å². The number of ether oxygens (including phenoxy) is 1. The molecule has 152 valence electrons. The van der Waals surface area contributed by atoms with Crippen molar-refractivity contribution in [1.29, 1.82) is 0 Å². The van der Waals surface area contributed by atoms with E-state index in [0.717, 1.165) is 17.0 Å². The molecule has 3 rings (SSSR count). The first kappa shape index (κ1) is 20.4. The average molecular weight is 395 g/mol. The number of hydrogen-bond acceptors (Lipinski definition) is 4. The van der Waals surface area contributed by atoms with Gasteiger partial charge < -0.3 is 20.3 Å². The summed E-state index contributed by atoms with van der Waals surface area (Å²) in [4.78, 5) is 38.3. The highest BCUT2D eigenvalue weighted by molar-refractivity contribution is 6.00. The number of anilines is 1. The molecule has 7 heteroatoms. The SMILES string of the molecule is CCOc1ccc(N2CC(C(=O)NCC(=O)NCc3ccccc3)CC2=O)cc1. The molecule has 7 nitrogen and oxygen atoms in total. The lowest BCUT2D eigenvalue weighted by atomic mass is 10.1. The lowest BCUT2D eigenvalue weighted by Crippen LogP contribution is -2.40. The average Bonchev–Trinajstić information content (AvgIpc) is 3.14. The predicted molar refractivity (Wildman–Crippen MR) is 109 cm³/mol. The molecule has 1 saturated heterocycles. The summed E-state index contributed by atoms with van der Waals surface area (Å²) in [5.74, 6) is -0.408. The van der Waals surface area contributed by atoms with Gasteiger partial charge in [0.25, 0.3) is 0 Å². The molecule has 1 atom stereocenters. The molecule has 2 aromatic rings. The van der Waals surface area contributed by atoms with Crippen LogP contribution in [-0.4, -0.2) is 37.4 Å². The number of carbonyl (C=O) groups excluding carboxylic acids is 3. The van der Waals surface area contributed by atoms with Crippen LogP contribution in [0.3, 0.4) is 0 Å². The molecule has 1 aliphatic heterocycles. The second kappa shape index (κ2) is 9.73. The van der Waals surface area contributed by atoms with Crippen LogP contribution in [-0.2, 0) is 20.9 Å². The van der Waals surface area contributed by atoms with Gasteiger partial charge in [-0.25, -0.2) is 0 Å². The van der Waals surface area contributed by atoms with Gasteiger partial charge in [0.1, 0.15) is 5.75 Å². The summed E-state index contributed by atoms with van der Waals surface area (Å²) in [7, 11) is 0. The van der Waals surface area contributed by atoms with Crippen molar-refractivity contribution >= 4 is 23.4 Å². The molecule has 0 saturated carbocycles. The Morgan fingerprint density at radius 2 is 1.79 bits per heavy atom. The maximum Gasteiger partial charge on any atom is 0.239 e. The monoisotopic (exact) mass is 395 g/mol.